The van der Waals surface area contributed by atoms with Crippen LogP contribution in [0.2, 0.25) is 0 Å². The lowest BCUT2D eigenvalue weighted by molar-refractivity contribution is -0.0406. The standard InChI is InChI=1S/C31H37N7O3.C30H35N7O4.C2H6/c1-40-28-19-27-26(18-29(28)41-25-7-9-36(10-8-25)15-16-39)30(35-22-34-27)37-11-13-38(14-12-37)31-32-20-24(21-33-31)17-23-5-3-2-4-6-23;1-35-12-13-40-23(18-35)19-41-27-15-24-25(16-26(27)39-2)32-20-33-28(24)36-8-10-37(11-9-36)30-31-17-22(29(38)34-30)14-21-6-4-3-5-7-21;1-2/h2-6,18-22,25,39H,7-17H2,1H3;3-7,15-17,20,23H,8-14,18-19H2,1-2H3,(H,31,34,38);1-2H3. The number of β-amino-alcohol motifs (C(OH)–C–C–N with tert-alkyl or cyclic N) is 1. The average Bonchev–Trinajstić information content (AvgIpc) is 2.56. The van der Waals surface area contributed by atoms with Crippen molar-refractivity contribution in [1.29, 1.82) is 0 Å². The number of rotatable bonds is 17. The summed E-state index contributed by atoms with van der Waals surface area (Å²) in [5.74, 6) is 5.77. The number of aromatic amines is 1. The second kappa shape index (κ2) is 28.8. The van der Waals surface area contributed by atoms with E-state index in [1.165, 1.54) is 5.56 Å². The third kappa shape index (κ3) is 14.7. The zero-order valence-corrected chi connectivity index (χ0v) is 49.0. The van der Waals surface area contributed by atoms with Gasteiger partial charge in [-0.15, -0.1) is 0 Å². The van der Waals surface area contributed by atoms with E-state index in [4.69, 9.17) is 28.7 Å². The fourth-order valence-electron chi connectivity index (χ4n) is 11.0. The second-order valence-corrected chi connectivity index (χ2v) is 21.1. The molecule has 8 heterocycles. The van der Waals surface area contributed by atoms with Crippen LogP contribution in [0.3, 0.4) is 0 Å². The molecular formula is C63H78N14O7. The molecule has 4 aliphatic heterocycles. The number of methoxy groups -OCH3 is 2. The Bertz CT molecular complexity index is 3410. The van der Waals surface area contributed by atoms with Crippen LogP contribution >= 0.6 is 0 Å². The number of anilines is 4. The number of fused-ring (bicyclic) bond motifs is 2. The van der Waals surface area contributed by atoms with Crippen LogP contribution in [0.25, 0.3) is 21.8 Å². The monoisotopic (exact) mass is 1140 g/mol. The highest BCUT2D eigenvalue weighted by atomic mass is 16.5. The number of aliphatic hydroxyl groups is 1. The zero-order valence-electron chi connectivity index (χ0n) is 49.0. The fourth-order valence-corrected chi connectivity index (χ4v) is 11.0. The molecule has 8 aromatic rings. The quantitative estimate of drug-likeness (QED) is 0.0990. The number of hydrogen-bond donors (Lipinski definition) is 2. The molecule has 21 nitrogen and oxygen atoms in total. The highest BCUT2D eigenvalue weighted by Crippen LogP contribution is 2.38. The average molecular weight is 1140 g/mol. The van der Waals surface area contributed by atoms with E-state index in [0.717, 1.165) is 128 Å². The molecule has 4 fully saturated rings. The number of nitrogens with one attached hydrogen (secondary N) is 1. The Morgan fingerprint density at radius 1 is 0.607 bits per heavy atom. The predicted octanol–water partition coefficient (Wildman–Crippen LogP) is 6.56. The van der Waals surface area contributed by atoms with Gasteiger partial charge in [0.15, 0.2) is 23.0 Å². The van der Waals surface area contributed by atoms with Gasteiger partial charge in [-0.1, -0.05) is 74.5 Å². The maximum absolute atomic E-state index is 12.8. The SMILES string of the molecule is CC.COc1cc2ncnc(N3CCN(c4ncc(Cc5ccccc5)c(=O)[nH]4)CC3)c2cc1OCC1CN(C)CCO1.COc1cc2ncnc(N3CCN(c4ncc(Cc5ccccc5)cn4)CC3)c2cc1OC1CCN(CCO)CC1. The molecule has 4 saturated heterocycles. The summed E-state index contributed by atoms with van der Waals surface area (Å²) >= 11 is 0. The summed E-state index contributed by atoms with van der Waals surface area (Å²) in [6.45, 7) is 15.6. The highest BCUT2D eigenvalue weighted by molar-refractivity contribution is 5.93. The number of aliphatic hydroxyl groups excluding tert-OH is 1. The summed E-state index contributed by atoms with van der Waals surface area (Å²) in [4.78, 5) is 61.4. The topological polar surface area (TPSA) is 209 Å². The molecule has 0 aliphatic carbocycles. The van der Waals surface area contributed by atoms with Crippen LogP contribution < -0.4 is 44.1 Å². The normalized spacial score (nSPS) is 17.0. The molecular weight excluding hydrogens is 1060 g/mol. The lowest BCUT2D eigenvalue weighted by atomic mass is 10.1. The van der Waals surface area contributed by atoms with Crippen molar-refractivity contribution >= 4 is 45.3 Å². The summed E-state index contributed by atoms with van der Waals surface area (Å²) < 4.78 is 29.8. The molecule has 0 saturated carbocycles. The van der Waals surface area contributed by atoms with Gasteiger partial charge in [0.2, 0.25) is 11.9 Å². The van der Waals surface area contributed by atoms with Crippen molar-refractivity contribution in [2.24, 2.45) is 0 Å². The number of benzene rings is 4. The zero-order chi connectivity index (χ0) is 58.2. The van der Waals surface area contributed by atoms with Gasteiger partial charge >= 0.3 is 0 Å². The molecule has 0 bridgehead atoms. The van der Waals surface area contributed by atoms with Crippen molar-refractivity contribution in [3.63, 3.8) is 0 Å². The van der Waals surface area contributed by atoms with E-state index in [1.807, 2.05) is 86.9 Å². The van der Waals surface area contributed by atoms with Gasteiger partial charge in [-0.25, -0.2) is 34.9 Å². The minimum atomic E-state index is -0.102. The number of aromatic nitrogens is 8. The van der Waals surface area contributed by atoms with E-state index < -0.39 is 0 Å². The molecule has 442 valence electrons. The van der Waals surface area contributed by atoms with Gasteiger partial charge in [0, 0.05) is 145 Å². The molecule has 1 unspecified atom stereocenters. The largest absolute Gasteiger partial charge is 0.493 e. The number of hydrogen-bond acceptors (Lipinski definition) is 20. The van der Waals surface area contributed by atoms with Crippen molar-refractivity contribution < 1.29 is 28.8 Å². The molecule has 0 amide bonds. The van der Waals surface area contributed by atoms with Gasteiger partial charge in [0.05, 0.1) is 38.5 Å². The van der Waals surface area contributed by atoms with Crippen LogP contribution in [0.4, 0.5) is 23.5 Å². The number of likely N-dealkylation sites (tertiary alicyclic amines) is 1. The number of piperidine rings is 1. The van der Waals surface area contributed by atoms with Crippen LogP contribution in [0.1, 0.15) is 48.9 Å². The van der Waals surface area contributed by atoms with Crippen LogP contribution in [0.5, 0.6) is 23.0 Å². The van der Waals surface area contributed by atoms with Gasteiger partial charge in [-0.3, -0.25) is 9.78 Å². The Balaban J connectivity index is 0.000000182. The van der Waals surface area contributed by atoms with Crippen LogP contribution in [-0.4, -0.2) is 193 Å². The molecule has 4 aromatic carbocycles. The third-order valence-corrected chi connectivity index (χ3v) is 15.6. The molecule has 1 atom stereocenters. The molecule has 21 heteroatoms. The van der Waals surface area contributed by atoms with E-state index in [9.17, 15) is 9.90 Å². The molecule has 2 N–H and O–H groups in total. The summed E-state index contributed by atoms with van der Waals surface area (Å²) in [6.07, 6.45) is 12.1. The summed E-state index contributed by atoms with van der Waals surface area (Å²) in [5, 5.41) is 11.1. The number of H-pyrrole nitrogens is 1. The van der Waals surface area contributed by atoms with Crippen LogP contribution in [0, 0.1) is 0 Å². The molecule has 0 radical (unpaired) electrons. The van der Waals surface area contributed by atoms with Gasteiger partial charge in [-0.05, 0) is 48.7 Å². The molecule has 12 rings (SSSR count). The smallest absolute Gasteiger partial charge is 0.255 e. The van der Waals surface area contributed by atoms with Gasteiger partial charge in [-0.2, -0.15) is 0 Å². The first-order valence-electron chi connectivity index (χ1n) is 29.3. The number of ether oxygens (including phenoxy) is 5. The Morgan fingerprint density at radius 3 is 1.74 bits per heavy atom. The van der Waals surface area contributed by atoms with E-state index >= 15 is 0 Å². The van der Waals surface area contributed by atoms with Gasteiger partial charge in [0.1, 0.15) is 43.1 Å². The Morgan fingerprint density at radius 2 is 1.17 bits per heavy atom. The third-order valence-electron chi connectivity index (χ3n) is 15.6. The van der Waals surface area contributed by atoms with E-state index in [0.29, 0.717) is 81.1 Å². The lowest BCUT2D eigenvalue weighted by Crippen LogP contribution is -2.47. The maximum atomic E-state index is 12.8. The first-order valence-corrected chi connectivity index (χ1v) is 29.3. The molecule has 84 heavy (non-hydrogen) atoms. The lowest BCUT2D eigenvalue weighted by Gasteiger charge is -2.36. The summed E-state index contributed by atoms with van der Waals surface area (Å²) in [6, 6.07) is 28.2. The molecule has 0 spiro atoms. The Labute approximate surface area is 491 Å². The molecule has 4 aliphatic rings. The Hall–Kier alpha value is -8.24. The van der Waals surface area contributed by atoms with Crippen molar-refractivity contribution in [2.75, 3.05) is 146 Å². The van der Waals surface area contributed by atoms with Crippen molar-refractivity contribution in [2.45, 2.75) is 51.7 Å². The second-order valence-electron chi connectivity index (χ2n) is 21.1. The van der Waals surface area contributed by atoms with Crippen molar-refractivity contribution in [3.8, 4) is 23.0 Å². The number of likely N-dealkylation sites (N-methyl/N-ethyl adjacent to an activating group) is 1. The van der Waals surface area contributed by atoms with Crippen molar-refractivity contribution in [1.82, 2.24) is 49.7 Å². The minimum absolute atomic E-state index is 0.00109. The highest BCUT2D eigenvalue weighted by Gasteiger charge is 2.27. The van der Waals surface area contributed by atoms with Crippen LogP contribution in [0.15, 0.2) is 121 Å². The van der Waals surface area contributed by atoms with Crippen LogP contribution in [-0.2, 0) is 17.6 Å². The van der Waals surface area contributed by atoms with E-state index in [2.05, 4.69) is 95.6 Å². The number of nitrogens with zero attached hydrogens (tertiary/aromatic N) is 13. The number of morpholine rings is 1. The first-order chi connectivity index (χ1) is 41.3. The van der Waals surface area contributed by atoms with Gasteiger partial charge in [0.25, 0.3) is 5.56 Å². The van der Waals surface area contributed by atoms with Gasteiger partial charge < -0.3 is 58.2 Å². The number of piperazine rings is 2. The minimum Gasteiger partial charge on any atom is -0.493 e. The summed E-state index contributed by atoms with van der Waals surface area (Å²) in [7, 11) is 5.38. The fraction of sp³-hybridized carbons (Fsp3) is 0.429. The first kappa shape index (κ1) is 58.9. The maximum Gasteiger partial charge on any atom is 0.255 e. The van der Waals surface area contributed by atoms with Crippen molar-refractivity contribution in [3.05, 3.63) is 149 Å². The molecule has 4 aromatic heterocycles. The predicted molar refractivity (Wildman–Crippen MR) is 328 cm³/mol. The Kier molecular flexibility index (Phi) is 20.2. The summed E-state index contributed by atoms with van der Waals surface area (Å²) in [5.41, 5.74) is 5.61. The van der Waals surface area contributed by atoms with E-state index in [1.54, 1.807) is 33.1 Å². The van der Waals surface area contributed by atoms with E-state index in [-0.39, 0.29) is 24.4 Å².